The van der Waals surface area contributed by atoms with Crippen LogP contribution in [0, 0.1) is 5.92 Å². The van der Waals surface area contributed by atoms with Crippen LogP contribution in [0.1, 0.15) is 105 Å². The molecule has 3 aliphatic carbocycles. The Bertz CT molecular complexity index is 1050. The van der Waals surface area contributed by atoms with E-state index in [1.807, 2.05) is 11.3 Å². The molecule has 0 radical (unpaired) electrons. The van der Waals surface area contributed by atoms with Crippen molar-refractivity contribution in [2.45, 2.75) is 89.1 Å². The van der Waals surface area contributed by atoms with Crippen molar-refractivity contribution in [3.05, 3.63) is 34.2 Å². The van der Waals surface area contributed by atoms with Crippen LogP contribution in [0.25, 0.3) is 5.65 Å². The van der Waals surface area contributed by atoms with Gasteiger partial charge in [-0.2, -0.15) is 0 Å². The van der Waals surface area contributed by atoms with Gasteiger partial charge in [-0.05, 0) is 86.7 Å². The second kappa shape index (κ2) is 9.38. The van der Waals surface area contributed by atoms with E-state index in [1.165, 1.54) is 24.0 Å². The number of aliphatic hydroxyl groups is 1. The molecule has 6 nitrogen and oxygen atoms in total. The Kier molecular flexibility index (Phi) is 6.49. The van der Waals surface area contributed by atoms with E-state index in [0.717, 1.165) is 50.6 Å². The Morgan fingerprint density at radius 2 is 1.82 bits per heavy atom. The highest BCUT2D eigenvalue weighted by Crippen LogP contribution is 2.46. The zero-order valence-electron chi connectivity index (χ0n) is 19.4. The molecule has 0 spiro atoms. The zero-order chi connectivity index (χ0) is 23.1. The first-order chi connectivity index (χ1) is 15.9. The topological polar surface area (TPSA) is 74.9 Å². The minimum atomic E-state index is -0.257. The smallest absolute Gasteiger partial charge is 0.276 e. The van der Waals surface area contributed by atoms with Gasteiger partial charge in [-0.15, -0.1) is 0 Å². The Morgan fingerprint density at radius 1 is 1.12 bits per heavy atom. The Hall–Kier alpha value is -1.92. The number of hydrogen-bond acceptors (Lipinski definition) is 4. The van der Waals surface area contributed by atoms with Gasteiger partial charge in [-0.25, -0.2) is 4.98 Å². The summed E-state index contributed by atoms with van der Waals surface area (Å²) in [5.74, 6) is 1.23. The molecule has 3 saturated carbocycles. The average Bonchev–Trinajstić information content (AvgIpc) is 3.72. The molecular weight excluding hydrogens is 438 g/mol. The van der Waals surface area contributed by atoms with Gasteiger partial charge >= 0.3 is 0 Å². The fourth-order valence-corrected chi connectivity index (χ4v) is 5.51. The summed E-state index contributed by atoms with van der Waals surface area (Å²) in [4.78, 5) is 32.7. The summed E-state index contributed by atoms with van der Waals surface area (Å²) in [6.45, 7) is 2.60. The number of halogens is 1. The van der Waals surface area contributed by atoms with Gasteiger partial charge in [0, 0.05) is 19.2 Å². The van der Waals surface area contributed by atoms with E-state index in [1.54, 1.807) is 4.90 Å². The van der Waals surface area contributed by atoms with Crippen molar-refractivity contribution in [3.8, 4) is 0 Å². The molecule has 0 aliphatic heterocycles. The SMILES string of the molecule is CCCN(CC(=O)CC1CCC(O)CC1)C(=O)c1nc2c(C3CC3)cc(C3CC3)cn2c1Cl. The standard InChI is InChI=1S/C26H34ClN3O3/c1-2-11-29(15-21(32)12-16-3-9-20(31)10-4-16)26(33)23-24(27)30-14-19(17-5-6-17)13-22(18-7-8-18)25(30)28-23/h13-14,16-18,20,31H,2-12,15H2,1H3. The summed E-state index contributed by atoms with van der Waals surface area (Å²) in [6.07, 6.45) is 11.1. The normalized spacial score (nSPS) is 23.1. The van der Waals surface area contributed by atoms with Gasteiger partial charge in [0.2, 0.25) is 0 Å². The number of carbonyl (C=O) groups excluding carboxylic acids is 2. The molecule has 2 aromatic heterocycles. The predicted molar refractivity (Wildman–Crippen MR) is 128 cm³/mol. The van der Waals surface area contributed by atoms with Crippen LogP contribution in [0.2, 0.25) is 5.15 Å². The number of aromatic nitrogens is 2. The predicted octanol–water partition coefficient (Wildman–Crippen LogP) is 5.11. The number of fused-ring (bicyclic) bond motifs is 1. The van der Waals surface area contributed by atoms with Gasteiger partial charge in [0.25, 0.3) is 5.91 Å². The molecule has 2 heterocycles. The van der Waals surface area contributed by atoms with Crippen LogP contribution in [-0.2, 0) is 4.79 Å². The molecule has 1 amide bonds. The fourth-order valence-electron chi connectivity index (χ4n) is 5.26. The number of carbonyl (C=O) groups is 2. The molecular formula is C26H34ClN3O3. The summed E-state index contributed by atoms with van der Waals surface area (Å²) < 4.78 is 1.90. The summed E-state index contributed by atoms with van der Waals surface area (Å²) >= 11 is 6.74. The van der Waals surface area contributed by atoms with Crippen molar-refractivity contribution < 1.29 is 14.7 Å². The Morgan fingerprint density at radius 3 is 2.45 bits per heavy atom. The third-order valence-electron chi connectivity index (χ3n) is 7.46. The van der Waals surface area contributed by atoms with Crippen molar-refractivity contribution in [1.82, 2.24) is 14.3 Å². The van der Waals surface area contributed by atoms with Crippen molar-refractivity contribution >= 4 is 28.9 Å². The average molecular weight is 472 g/mol. The number of rotatable bonds is 9. The van der Waals surface area contributed by atoms with Crippen LogP contribution in [-0.4, -0.2) is 50.3 Å². The summed E-state index contributed by atoms with van der Waals surface area (Å²) in [5, 5.41) is 10.1. The van der Waals surface area contributed by atoms with E-state index in [2.05, 4.69) is 12.3 Å². The minimum absolute atomic E-state index is 0.0766. The number of hydrogen-bond donors (Lipinski definition) is 1. The van der Waals surface area contributed by atoms with Gasteiger partial charge < -0.3 is 10.0 Å². The zero-order valence-corrected chi connectivity index (χ0v) is 20.2. The molecule has 0 atom stereocenters. The largest absolute Gasteiger partial charge is 0.393 e. The van der Waals surface area contributed by atoms with Crippen molar-refractivity contribution in [2.24, 2.45) is 5.92 Å². The van der Waals surface area contributed by atoms with Crippen molar-refractivity contribution in [3.63, 3.8) is 0 Å². The number of ketones is 1. The molecule has 3 aliphatic rings. The number of Topliss-reactive ketones (excluding diaryl/α,β-unsaturated/α-hetero) is 1. The number of pyridine rings is 1. The molecule has 0 saturated heterocycles. The van der Waals surface area contributed by atoms with Crippen LogP contribution >= 0.6 is 11.6 Å². The van der Waals surface area contributed by atoms with E-state index >= 15 is 0 Å². The van der Waals surface area contributed by atoms with Crippen LogP contribution in [0.4, 0.5) is 0 Å². The number of nitrogens with zero attached hydrogens (tertiary/aromatic N) is 3. The maximum Gasteiger partial charge on any atom is 0.276 e. The molecule has 0 bridgehead atoms. The molecule has 3 fully saturated rings. The lowest BCUT2D eigenvalue weighted by atomic mass is 9.84. The highest BCUT2D eigenvalue weighted by Gasteiger charge is 2.33. The van der Waals surface area contributed by atoms with Gasteiger partial charge in [0.05, 0.1) is 12.6 Å². The molecule has 178 valence electrons. The van der Waals surface area contributed by atoms with E-state index in [0.29, 0.717) is 35.9 Å². The molecule has 1 N–H and O–H groups in total. The van der Waals surface area contributed by atoms with E-state index in [4.69, 9.17) is 16.6 Å². The Labute approximate surface area is 200 Å². The van der Waals surface area contributed by atoms with Crippen LogP contribution in [0.15, 0.2) is 12.3 Å². The first-order valence-electron chi connectivity index (χ1n) is 12.6. The monoisotopic (exact) mass is 471 g/mol. The highest BCUT2D eigenvalue weighted by atomic mass is 35.5. The molecule has 7 heteroatoms. The first-order valence-corrected chi connectivity index (χ1v) is 13.0. The maximum atomic E-state index is 13.5. The van der Waals surface area contributed by atoms with Gasteiger partial charge in [-0.3, -0.25) is 14.0 Å². The van der Waals surface area contributed by atoms with Gasteiger partial charge in [-0.1, -0.05) is 24.6 Å². The molecule has 0 aromatic carbocycles. The quantitative estimate of drug-likeness (QED) is 0.551. The van der Waals surface area contributed by atoms with Crippen molar-refractivity contribution in [2.75, 3.05) is 13.1 Å². The second-order valence-corrected chi connectivity index (χ2v) is 10.7. The lowest BCUT2D eigenvalue weighted by Gasteiger charge is -2.26. The van der Waals surface area contributed by atoms with E-state index in [-0.39, 0.29) is 30.0 Å². The summed E-state index contributed by atoms with van der Waals surface area (Å²) in [6, 6.07) is 2.27. The second-order valence-electron chi connectivity index (χ2n) is 10.4. The van der Waals surface area contributed by atoms with Crippen molar-refractivity contribution in [1.29, 1.82) is 0 Å². The Balaban J connectivity index is 1.36. The minimum Gasteiger partial charge on any atom is -0.393 e. The lowest BCUT2D eigenvalue weighted by molar-refractivity contribution is -0.121. The van der Waals surface area contributed by atoms with E-state index in [9.17, 15) is 14.7 Å². The van der Waals surface area contributed by atoms with Gasteiger partial charge in [0.1, 0.15) is 10.8 Å². The van der Waals surface area contributed by atoms with Crippen LogP contribution in [0.3, 0.4) is 0 Å². The van der Waals surface area contributed by atoms with E-state index < -0.39 is 0 Å². The lowest BCUT2D eigenvalue weighted by Crippen LogP contribution is -2.37. The molecule has 5 rings (SSSR count). The third kappa shape index (κ3) is 4.97. The molecule has 2 aromatic rings. The molecule has 0 unspecified atom stereocenters. The third-order valence-corrected chi connectivity index (χ3v) is 7.82. The summed E-state index contributed by atoms with van der Waals surface area (Å²) in [5.41, 5.74) is 3.55. The number of imidazole rings is 1. The van der Waals surface area contributed by atoms with Gasteiger partial charge in [0.15, 0.2) is 11.5 Å². The van der Waals surface area contributed by atoms with Crippen LogP contribution < -0.4 is 0 Å². The fraction of sp³-hybridized carbons (Fsp3) is 0.654. The number of aliphatic hydroxyl groups excluding tert-OH is 1. The van der Waals surface area contributed by atoms with Crippen LogP contribution in [0.5, 0.6) is 0 Å². The summed E-state index contributed by atoms with van der Waals surface area (Å²) in [7, 11) is 0. The maximum absolute atomic E-state index is 13.5. The molecule has 33 heavy (non-hydrogen) atoms. The first kappa shape index (κ1) is 22.9. The highest BCUT2D eigenvalue weighted by molar-refractivity contribution is 6.33. The number of amides is 1.